The fraction of sp³-hybridized carbons (Fsp3) is 0.533. The molecule has 3 atom stereocenters. The quantitative estimate of drug-likeness (QED) is 0.811. The van der Waals surface area contributed by atoms with E-state index in [0.717, 1.165) is 13.0 Å². The van der Waals surface area contributed by atoms with E-state index < -0.39 is 6.10 Å². The van der Waals surface area contributed by atoms with Crippen LogP contribution >= 0.6 is 27.5 Å². The van der Waals surface area contributed by atoms with E-state index in [2.05, 4.69) is 21.2 Å². The first kappa shape index (κ1) is 15.6. The predicted octanol–water partition coefficient (Wildman–Crippen LogP) is 3.79. The van der Waals surface area contributed by atoms with Gasteiger partial charge in [-0.3, -0.25) is 4.79 Å². The zero-order valence-electron chi connectivity index (χ0n) is 11.4. The highest BCUT2D eigenvalue weighted by Crippen LogP contribution is 2.30. The molecule has 1 aliphatic carbocycles. The van der Waals surface area contributed by atoms with Crippen molar-refractivity contribution in [3.05, 3.63) is 29.3 Å². The van der Waals surface area contributed by atoms with Crippen LogP contribution < -0.4 is 10.1 Å². The molecule has 5 heteroatoms. The third-order valence-corrected chi connectivity index (χ3v) is 4.59. The first-order valence-corrected chi connectivity index (χ1v) is 8.18. The minimum absolute atomic E-state index is 0.0806. The van der Waals surface area contributed by atoms with Crippen molar-refractivity contribution in [2.45, 2.75) is 37.1 Å². The first-order valence-electron chi connectivity index (χ1n) is 6.88. The molecule has 1 amide bonds. The van der Waals surface area contributed by atoms with Crippen LogP contribution in [0.5, 0.6) is 5.75 Å². The van der Waals surface area contributed by atoms with Gasteiger partial charge < -0.3 is 10.1 Å². The summed E-state index contributed by atoms with van der Waals surface area (Å²) in [6.07, 6.45) is 2.97. The summed E-state index contributed by atoms with van der Waals surface area (Å²) in [6, 6.07) is 7.08. The van der Waals surface area contributed by atoms with Gasteiger partial charge >= 0.3 is 0 Å². The molecule has 110 valence electrons. The van der Waals surface area contributed by atoms with Gasteiger partial charge in [-0.05, 0) is 50.3 Å². The number of carbonyl (C=O) groups is 1. The van der Waals surface area contributed by atoms with Crippen molar-refractivity contribution in [1.29, 1.82) is 0 Å². The van der Waals surface area contributed by atoms with Crippen LogP contribution in [0.2, 0.25) is 5.02 Å². The number of nitrogens with one attached hydrogen (secondary N) is 1. The molecule has 20 heavy (non-hydrogen) atoms. The molecule has 1 fully saturated rings. The van der Waals surface area contributed by atoms with Gasteiger partial charge in [-0.1, -0.05) is 33.6 Å². The Bertz CT molecular complexity index is 469. The summed E-state index contributed by atoms with van der Waals surface area (Å²) in [5.74, 6) is 1.10. The van der Waals surface area contributed by atoms with Crippen LogP contribution in [0.3, 0.4) is 0 Å². The minimum atomic E-state index is -0.519. The van der Waals surface area contributed by atoms with Crippen molar-refractivity contribution in [2.75, 3.05) is 6.54 Å². The summed E-state index contributed by atoms with van der Waals surface area (Å²) in [7, 11) is 0. The molecule has 0 aromatic heterocycles. The second kappa shape index (κ2) is 7.32. The van der Waals surface area contributed by atoms with E-state index >= 15 is 0 Å². The molecule has 3 unspecified atom stereocenters. The lowest BCUT2D eigenvalue weighted by atomic mass is 10.1. The van der Waals surface area contributed by atoms with Gasteiger partial charge in [0.1, 0.15) is 5.75 Å². The number of alkyl halides is 1. The predicted molar refractivity (Wildman–Crippen MR) is 84.6 cm³/mol. The maximum Gasteiger partial charge on any atom is 0.260 e. The molecule has 1 aliphatic rings. The number of halogens is 2. The van der Waals surface area contributed by atoms with E-state index in [9.17, 15) is 4.79 Å². The van der Waals surface area contributed by atoms with Crippen molar-refractivity contribution in [3.8, 4) is 5.75 Å². The summed E-state index contributed by atoms with van der Waals surface area (Å²) in [5.41, 5.74) is 0. The summed E-state index contributed by atoms with van der Waals surface area (Å²) < 4.78 is 5.59. The van der Waals surface area contributed by atoms with Gasteiger partial charge in [0.2, 0.25) is 0 Å². The van der Waals surface area contributed by atoms with Crippen LogP contribution in [0, 0.1) is 5.92 Å². The van der Waals surface area contributed by atoms with Gasteiger partial charge in [-0.25, -0.2) is 0 Å². The van der Waals surface area contributed by atoms with E-state index in [1.807, 2.05) is 0 Å². The van der Waals surface area contributed by atoms with Crippen LogP contribution in [0.4, 0.5) is 0 Å². The largest absolute Gasteiger partial charge is 0.481 e. The van der Waals surface area contributed by atoms with Crippen LogP contribution in [-0.2, 0) is 4.79 Å². The van der Waals surface area contributed by atoms with Crippen molar-refractivity contribution < 1.29 is 9.53 Å². The van der Waals surface area contributed by atoms with Gasteiger partial charge in [0, 0.05) is 16.4 Å². The lowest BCUT2D eigenvalue weighted by molar-refractivity contribution is -0.127. The Morgan fingerprint density at radius 2 is 2.35 bits per heavy atom. The van der Waals surface area contributed by atoms with Crippen molar-refractivity contribution >= 4 is 33.4 Å². The average molecular weight is 361 g/mol. The van der Waals surface area contributed by atoms with Crippen LogP contribution in [0.1, 0.15) is 26.2 Å². The number of hydrogen-bond acceptors (Lipinski definition) is 2. The van der Waals surface area contributed by atoms with Gasteiger partial charge in [-0.15, -0.1) is 0 Å². The zero-order chi connectivity index (χ0) is 14.5. The molecule has 0 spiro atoms. The molecule has 0 radical (unpaired) electrons. The minimum Gasteiger partial charge on any atom is -0.481 e. The average Bonchev–Trinajstić information content (AvgIpc) is 2.81. The smallest absolute Gasteiger partial charge is 0.260 e. The molecule has 0 aliphatic heterocycles. The fourth-order valence-electron chi connectivity index (χ4n) is 2.39. The second-order valence-electron chi connectivity index (χ2n) is 5.24. The highest BCUT2D eigenvalue weighted by molar-refractivity contribution is 9.09. The molecule has 0 saturated heterocycles. The second-order valence-corrected chi connectivity index (χ2v) is 6.97. The number of ether oxygens (including phenoxy) is 1. The van der Waals surface area contributed by atoms with E-state index in [0.29, 0.717) is 21.5 Å². The number of hydrogen-bond donors (Lipinski definition) is 1. The summed E-state index contributed by atoms with van der Waals surface area (Å²) in [4.78, 5) is 12.6. The summed E-state index contributed by atoms with van der Waals surface area (Å²) in [6.45, 7) is 2.47. The van der Waals surface area contributed by atoms with Crippen LogP contribution in [-0.4, -0.2) is 23.4 Å². The molecular weight excluding hydrogens is 342 g/mol. The number of amides is 1. The molecule has 2 rings (SSSR count). The molecule has 0 bridgehead atoms. The third-order valence-electron chi connectivity index (χ3n) is 3.52. The molecule has 3 nitrogen and oxygen atoms in total. The molecule has 0 heterocycles. The van der Waals surface area contributed by atoms with Crippen LogP contribution in [0.25, 0.3) is 0 Å². The Hall–Kier alpha value is -0.740. The lowest BCUT2D eigenvalue weighted by Crippen LogP contribution is -2.38. The Morgan fingerprint density at radius 1 is 1.55 bits per heavy atom. The van der Waals surface area contributed by atoms with Gasteiger partial charge in [0.15, 0.2) is 6.10 Å². The van der Waals surface area contributed by atoms with E-state index in [4.69, 9.17) is 16.3 Å². The monoisotopic (exact) mass is 359 g/mol. The molecule has 1 N–H and O–H groups in total. The van der Waals surface area contributed by atoms with Crippen molar-refractivity contribution in [3.63, 3.8) is 0 Å². The fourth-order valence-corrected chi connectivity index (χ4v) is 3.36. The molecule has 1 saturated carbocycles. The SMILES string of the molecule is CC(Oc1cccc(Cl)c1)C(=O)NCC1CCC(Br)C1. The van der Waals surface area contributed by atoms with Gasteiger partial charge in [0.05, 0.1) is 0 Å². The Balaban J connectivity index is 1.77. The van der Waals surface area contributed by atoms with E-state index in [1.54, 1.807) is 31.2 Å². The highest BCUT2D eigenvalue weighted by Gasteiger charge is 2.24. The topological polar surface area (TPSA) is 38.3 Å². The highest BCUT2D eigenvalue weighted by atomic mass is 79.9. The maximum absolute atomic E-state index is 12.0. The Labute approximate surface area is 133 Å². The normalized spacial score (nSPS) is 23.4. The number of carbonyl (C=O) groups excluding carboxylic acids is 1. The summed E-state index contributed by atoms with van der Waals surface area (Å²) >= 11 is 9.50. The van der Waals surface area contributed by atoms with Crippen molar-refractivity contribution in [2.24, 2.45) is 5.92 Å². The zero-order valence-corrected chi connectivity index (χ0v) is 13.8. The van der Waals surface area contributed by atoms with Gasteiger partial charge in [-0.2, -0.15) is 0 Å². The molecule has 1 aromatic rings. The standard InChI is InChI=1S/C15H19BrClNO2/c1-10(20-14-4-2-3-13(17)8-14)15(19)18-9-11-5-6-12(16)7-11/h2-4,8,10-12H,5-7,9H2,1H3,(H,18,19). The Morgan fingerprint density at radius 3 is 3.00 bits per heavy atom. The lowest BCUT2D eigenvalue weighted by Gasteiger charge is -2.16. The van der Waals surface area contributed by atoms with E-state index in [1.165, 1.54) is 12.8 Å². The Kier molecular flexibility index (Phi) is 5.73. The first-order chi connectivity index (χ1) is 9.54. The number of benzene rings is 1. The maximum atomic E-state index is 12.0. The van der Waals surface area contributed by atoms with Crippen LogP contribution in [0.15, 0.2) is 24.3 Å². The van der Waals surface area contributed by atoms with Crippen molar-refractivity contribution in [1.82, 2.24) is 5.32 Å². The number of rotatable bonds is 5. The summed E-state index contributed by atoms with van der Waals surface area (Å²) in [5, 5.41) is 3.56. The van der Waals surface area contributed by atoms with Gasteiger partial charge in [0.25, 0.3) is 5.91 Å². The third kappa shape index (κ3) is 4.67. The molecule has 1 aromatic carbocycles. The molecular formula is C15H19BrClNO2. The van der Waals surface area contributed by atoms with E-state index in [-0.39, 0.29) is 5.91 Å².